The van der Waals surface area contributed by atoms with Crippen LogP contribution in [0.25, 0.3) is 0 Å². The Morgan fingerprint density at radius 3 is 2.78 bits per heavy atom. The van der Waals surface area contributed by atoms with E-state index in [1.54, 1.807) is 18.2 Å². The molecule has 0 radical (unpaired) electrons. The Kier molecular flexibility index (Phi) is 5.74. The van der Waals surface area contributed by atoms with Gasteiger partial charge in [0.2, 0.25) is 10.0 Å². The summed E-state index contributed by atoms with van der Waals surface area (Å²) in [5.41, 5.74) is 6.96. The second-order valence-corrected chi connectivity index (χ2v) is 8.07. The van der Waals surface area contributed by atoms with Gasteiger partial charge in [-0.1, -0.05) is 12.1 Å². The highest BCUT2D eigenvalue weighted by molar-refractivity contribution is 7.89. The van der Waals surface area contributed by atoms with E-state index in [-0.39, 0.29) is 23.6 Å². The number of carbonyl (C=O) groups excluding carboxylic acids is 1. The number of hydrogen-bond donors (Lipinski definition) is 2. The van der Waals surface area contributed by atoms with Crippen LogP contribution in [-0.2, 0) is 21.3 Å². The van der Waals surface area contributed by atoms with Crippen LogP contribution >= 0.6 is 0 Å². The fraction of sp³-hybridized carbons (Fsp3) is 0.533. The van der Waals surface area contributed by atoms with Crippen molar-refractivity contribution >= 4 is 15.9 Å². The molecule has 0 aromatic heterocycles. The third kappa shape index (κ3) is 4.51. The van der Waals surface area contributed by atoms with E-state index in [4.69, 9.17) is 10.5 Å². The third-order valence-electron chi connectivity index (χ3n) is 3.92. The van der Waals surface area contributed by atoms with Crippen LogP contribution in [0, 0.1) is 5.92 Å². The number of sulfonamides is 1. The van der Waals surface area contributed by atoms with Crippen molar-refractivity contribution in [3.63, 3.8) is 0 Å². The minimum absolute atomic E-state index is 0.0478. The van der Waals surface area contributed by atoms with Gasteiger partial charge in [-0.25, -0.2) is 12.7 Å². The van der Waals surface area contributed by atoms with E-state index in [0.29, 0.717) is 25.3 Å². The fourth-order valence-electron chi connectivity index (χ4n) is 2.43. The highest BCUT2D eigenvalue weighted by Crippen LogP contribution is 2.18. The second-order valence-electron chi connectivity index (χ2n) is 5.84. The number of nitrogens with two attached hydrogens (primary N) is 1. The number of benzene rings is 1. The summed E-state index contributed by atoms with van der Waals surface area (Å²) in [5.74, 6) is -0.555. The van der Waals surface area contributed by atoms with Crippen LogP contribution in [0.15, 0.2) is 24.3 Å². The van der Waals surface area contributed by atoms with Crippen molar-refractivity contribution in [2.45, 2.75) is 12.6 Å². The van der Waals surface area contributed by atoms with E-state index in [9.17, 15) is 13.2 Å². The maximum Gasteiger partial charge on any atom is 0.251 e. The molecule has 1 aromatic rings. The molecule has 0 aliphatic carbocycles. The molecule has 1 fully saturated rings. The lowest BCUT2D eigenvalue weighted by molar-refractivity contribution is 0.0926. The van der Waals surface area contributed by atoms with Gasteiger partial charge in [0.1, 0.15) is 0 Å². The van der Waals surface area contributed by atoms with Gasteiger partial charge in [0.05, 0.1) is 25.0 Å². The number of nitrogens with one attached hydrogen (secondary N) is 1. The van der Waals surface area contributed by atoms with Gasteiger partial charge < -0.3 is 15.8 Å². The molecule has 1 aliphatic rings. The van der Waals surface area contributed by atoms with Crippen molar-refractivity contribution in [3.8, 4) is 0 Å². The van der Waals surface area contributed by atoms with E-state index in [0.717, 1.165) is 5.56 Å². The third-order valence-corrected chi connectivity index (χ3v) is 5.88. The smallest absolute Gasteiger partial charge is 0.251 e. The normalized spacial score (nSPS) is 21.6. The maximum absolute atomic E-state index is 12.3. The molecule has 1 aromatic carbocycles. The van der Waals surface area contributed by atoms with Crippen LogP contribution in [0.1, 0.15) is 15.9 Å². The average molecular weight is 341 g/mol. The number of ether oxygens (including phenoxy) is 1. The summed E-state index contributed by atoms with van der Waals surface area (Å²) in [6.07, 6.45) is 0. The van der Waals surface area contributed by atoms with Crippen molar-refractivity contribution in [3.05, 3.63) is 35.4 Å². The monoisotopic (exact) mass is 341 g/mol. The minimum Gasteiger partial charge on any atom is -0.379 e. The van der Waals surface area contributed by atoms with E-state index in [1.165, 1.54) is 18.4 Å². The summed E-state index contributed by atoms with van der Waals surface area (Å²) in [7, 11) is -0.346. The van der Waals surface area contributed by atoms with Gasteiger partial charge in [0, 0.05) is 32.1 Å². The lowest BCUT2D eigenvalue weighted by Gasteiger charge is -2.21. The Balaban J connectivity index is 2.04. The zero-order valence-corrected chi connectivity index (χ0v) is 14.2. The van der Waals surface area contributed by atoms with Crippen molar-refractivity contribution in [2.75, 3.05) is 33.1 Å². The zero-order chi connectivity index (χ0) is 17.0. The molecule has 128 valence electrons. The molecule has 1 heterocycles. The quantitative estimate of drug-likeness (QED) is 0.745. The predicted molar refractivity (Wildman–Crippen MR) is 87.4 cm³/mol. The van der Waals surface area contributed by atoms with Crippen molar-refractivity contribution in [2.24, 2.45) is 11.7 Å². The lowest BCUT2D eigenvalue weighted by Crippen LogP contribution is -2.43. The number of hydrogen-bond acceptors (Lipinski definition) is 5. The van der Waals surface area contributed by atoms with Crippen LogP contribution in [-0.4, -0.2) is 57.7 Å². The molecule has 1 saturated heterocycles. The molecule has 1 amide bonds. The summed E-state index contributed by atoms with van der Waals surface area (Å²) in [6, 6.07) is 6.74. The molecule has 0 bridgehead atoms. The summed E-state index contributed by atoms with van der Waals surface area (Å²) in [5, 5.41) is 2.87. The highest BCUT2D eigenvalue weighted by Gasteiger charge is 2.34. The van der Waals surface area contributed by atoms with Crippen molar-refractivity contribution < 1.29 is 17.9 Å². The zero-order valence-electron chi connectivity index (χ0n) is 13.4. The van der Waals surface area contributed by atoms with Gasteiger partial charge in [-0.15, -0.1) is 0 Å². The van der Waals surface area contributed by atoms with E-state index < -0.39 is 10.0 Å². The van der Waals surface area contributed by atoms with Gasteiger partial charge in [-0.2, -0.15) is 0 Å². The Bertz CT molecular complexity index is 660. The minimum atomic E-state index is -3.34. The molecule has 2 atom stereocenters. The number of amides is 1. The predicted octanol–water partition coefficient (Wildman–Crippen LogP) is -0.218. The van der Waals surface area contributed by atoms with Crippen LogP contribution < -0.4 is 11.1 Å². The lowest BCUT2D eigenvalue weighted by atomic mass is 10.0. The molecule has 1 aliphatic heterocycles. The molecule has 2 rings (SSSR count). The summed E-state index contributed by atoms with van der Waals surface area (Å²) < 4.78 is 30.6. The number of nitrogens with zero attached hydrogens (tertiary/aromatic N) is 1. The molecule has 0 saturated carbocycles. The van der Waals surface area contributed by atoms with E-state index in [1.807, 2.05) is 6.07 Å². The molecule has 3 N–H and O–H groups in total. The SMILES string of the molecule is CN(C)S(=O)(=O)C[C@@H]1COC[C@@H]1NC(=O)c1cccc(CN)c1. The van der Waals surface area contributed by atoms with Gasteiger partial charge in [-0.05, 0) is 17.7 Å². The second kappa shape index (κ2) is 7.39. The Morgan fingerprint density at radius 1 is 1.39 bits per heavy atom. The summed E-state index contributed by atoms with van der Waals surface area (Å²) in [6.45, 7) is 0.994. The van der Waals surface area contributed by atoms with Gasteiger partial charge in [0.25, 0.3) is 5.91 Å². The molecule has 0 unspecified atom stereocenters. The molecule has 0 spiro atoms. The first kappa shape index (κ1) is 17.9. The van der Waals surface area contributed by atoms with Gasteiger partial charge in [-0.3, -0.25) is 4.79 Å². The topological polar surface area (TPSA) is 102 Å². The molecule has 7 nitrogen and oxygen atoms in total. The number of rotatable bonds is 6. The van der Waals surface area contributed by atoms with Crippen molar-refractivity contribution in [1.29, 1.82) is 0 Å². The highest BCUT2D eigenvalue weighted by atomic mass is 32.2. The average Bonchev–Trinajstić information content (AvgIpc) is 2.93. The standard InChI is InChI=1S/C15H23N3O4S/c1-18(2)23(20,21)10-13-8-22-9-14(13)17-15(19)12-5-3-4-11(6-12)7-16/h3-6,13-14H,7-10,16H2,1-2H3,(H,17,19)/t13-,14-/m0/s1. The van der Waals surface area contributed by atoms with Gasteiger partial charge >= 0.3 is 0 Å². The number of carbonyl (C=O) groups is 1. The Hall–Kier alpha value is -1.48. The van der Waals surface area contributed by atoms with Crippen LogP contribution in [0.5, 0.6) is 0 Å². The fourth-order valence-corrected chi connectivity index (χ4v) is 3.60. The Morgan fingerprint density at radius 2 is 2.13 bits per heavy atom. The first-order valence-corrected chi connectivity index (χ1v) is 9.02. The van der Waals surface area contributed by atoms with Crippen LogP contribution in [0.3, 0.4) is 0 Å². The molecular formula is C15H23N3O4S. The van der Waals surface area contributed by atoms with Crippen LogP contribution in [0.4, 0.5) is 0 Å². The molecular weight excluding hydrogens is 318 g/mol. The molecule has 8 heteroatoms. The van der Waals surface area contributed by atoms with Crippen molar-refractivity contribution in [1.82, 2.24) is 9.62 Å². The molecule has 23 heavy (non-hydrogen) atoms. The summed E-state index contributed by atoms with van der Waals surface area (Å²) >= 11 is 0. The van der Waals surface area contributed by atoms with Gasteiger partial charge in [0.15, 0.2) is 0 Å². The largest absolute Gasteiger partial charge is 0.379 e. The van der Waals surface area contributed by atoms with E-state index >= 15 is 0 Å². The Labute approximate surface area is 136 Å². The van der Waals surface area contributed by atoms with Crippen LogP contribution in [0.2, 0.25) is 0 Å². The first-order valence-electron chi connectivity index (χ1n) is 7.41. The maximum atomic E-state index is 12.3. The summed E-state index contributed by atoms with van der Waals surface area (Å²) in [4.78, 5) is 12.3. The first-order chi connectivity index (χ1) is 10.8. The van der Waals surface area contributed by atoms with E-state index in [2.05, 4.69) is 5.32 Å².